The number of aliphatic hydroxyl groups excluding tert-OH is 1. The first-order valence-electron chi connectivity index (χ1n) is 7.98. The van der Waals surface area contributed by atoms with Gasteiger partial charge in [0.2, 0.25) is 11.8 Å². The molecule has 0 fully saturated rings. The number of carbonyl (C=O) groups is 2. The van der Waals surface area contributed by atoms with Gasteiger partial charge in [-0.05, 0) is 35.7 Å². The molecule has 0 saturated carbocycles. The summed E-state index contributed by atoms with van der Waals surface area (Å²) in [5.74, 6) is -0.338. The van der Waals surface area contributed by atoms with Crippen LogP contribution in [0.5, 0.6) is 0 Å². The molecule has 1 atom stereocenters. The van der Waals surface area contributed by atoms with E-state index < -0.39 is 6.04 Å². The van der Waals surface area contributed by atoms with E-state index in [0.717, 1.165) is 16.8 Å². The summed E-state index contributed by atoms with van der Waals surface area (Å²) in [5.41, 5.74) is 3.50. The third kappa shape index (κ3) is 3.16. The predicted octanol–water partition coefficient (Wildman–Crippen LogP) is 2.14. The number of aliphatic hydroxyl groups is 1. The predicted molar refractivity (Wildman–Crippen MR) is 93.0 cm³/mol. The highest BCUT2D eigenvalue weighted by Gasteiger charge is 2.36. The number of amides is 2. The second-order valence-electron chi connectivity index (χ2n) is 5.90. The monoisotopic (exact) mass is 324 g/mol. The first-order valence-corrected chi connectivity index (χ1v) is 7.98. The molecule has 24 heavy (non-hydrogen) atoms. The molecular weight excluding hydrogens is 304 g/mol. The zero-order chi connectivity index (χ0) is 17.1. The number of rotatable bonds is 4. The molecule has 1 aliphatic rings. The third-order valence-electron chi connectivity index (χ3n) is 4.24. The second-order valence-corrected chi connectivity index (χ2v) is 5.90. The van der Waals surface area contributed by atoms with Gasteiger partial charge in [-0.2, -0.15) is 0 Å². The molecule has 0 unspecified atom stereocenters. The maximum atomic E-state index is 12.7. The van der Waals surface area contributed by atoms with Crippen LogP contribution < -0.4 is 10.2 Å². The quantitative estimate of drug-likeness (QED) is 0.905. The molecule has 0 bridgehead atoms. The topological polar surface area (TPSA) is 69.6 Å². The van der Waals surface area contributed by atoms with Crippen LogP contribution in [0.1, 0.15) is 18.1 Å². The summed E-state index contributed by atoms with van der Waals surface area (Å²) in [4.78, 5) is 26.2. The standard InChI is InChI=1S/C19H20N2O3/c1-13(23)21-17-5-3-2-4-15(17)12-18(21)19(24)20-16-8-6-14(7-9-16)10-11-22/h2-9,18,22H,10-12H2,1H3,(H,20,24)/t18-/m0/s1. The molecule has 0 aromatic heterocycles. The van der Waals surface area contributed by atoms with E-state index >= 15 is 0 Å². The Kier molecular flexibility index (Phi) is 4.62. The van der Waals surface area contributed by atoms with Gasteiger partial charge in [0, 0.05) is 31.3 Å². The van der Waals surface area contributed by atoms with E-state index in [-0.39, 0.29) is 18.4 Å². The second kappa shape index (κ2) is 6.84. The van der Waals surface area contributed by atoms with Gasteiger partial charge in [-0.1, -0.05) is 30.3 Å². The van der Waals surface area contributed by atoms with Crippen LogP contribution in [0.2, 0.25) is 0 Å². The number of carbonyl (C=O) groups excluding carboxylic acids is 2. The SMILES string of the molecule is CC(=O)N1c2ccccc2C[C@H]1C(=O)Nc1ccc(CCO)cc1. The van der Waals surface area contributed by atoms with Crippen LogP contribution in [0.15, 0.2) is 48.5 Å². The van der Waals surface area contributed by atoms with Crippen molar-refractivity contribution in [2.24, 2.45) is 0 Å². The lowest BCUT2D eigenvalue weighted by Crippen LogP contribution is -2.44. The number of nitrogens with zero attached hydrogens (tertiary/aromatic N) is 1. The van der Waals surface area contributed by atoms with E-state index in [1.54, 1.807) is 4.90 Å². The van der Waals surface area contributed by atoms with Crippen molar-refractivity contribution >= 4 is 23.2 Å². The van der Waals surface area contributed by atoms with Gasteiger partial charge >= 0.3 is 0 Å². The molecule has 2 aromatic rings. The minimum Gasteiger partial charge on any atom is -0.396 e. The van der Waals surface area contributed by atoms with Gasteiger partial charge in [-0.3, -0.25) is 14.5 Å². The van der Waals surface area contributed by atoms with Gasteiger partial charge in [0.1, 0.15) is 6.04 Å². The molecule has 2 aromatic carbocycles. The normalized spacial score (nSPS) is 15.9. The van der Waals surface area contributed by atoms with Crippen molar-refractivity contribution in [3.05, 3.63) is 59.7 Å². The minimum absolute atomic E-state index is 0.0968. The largest absolute Gasteiger partial charge is 0.396 e. The van der Waals surface area contributed by atoms with Crippen molar-refractivity contribution in [3.8, 4) is 0 Å². The summed E-state index contributed by atoms with van der Waals surface area (Å²) in [6.07, 6.45) is 1.11. The molecule has 124 valence electrons. The Hall–Kier alpha value is -2.66. The maximum Gasteiger partial charge on any atom is 0.247 e. The van der Waals surface area contributed by atoms with Crippen molar-refractivity contribution in [2.75, 3.05) is 16.8 Å². The van der Waals surface area contributed by atoms with Crippen LogP contribution in [0.3, 0.4) is 0 Å². The molecule has 1 aliphatic heterocycles. The zero-order valence-corrected chi connectivity index (χ0v) is 13.5. The molecule has 5 nitrogen and oxygen atoms in total. The molecule has 2 N–H and O–H groups in total. The van der Waals surface area contributed by atoms with Crippen molar-refractivity contribution in [2.45, 2.75) is 25.8 Å². The molecule has 2 amide bonds. The highest BCUT2D eigenvalue weighted by molar-refractivity contribution is 6.06. The van der Waals surface area contributed by atoms with Crippen LogP contribution in [-0.4, -0.2) is 29.6 Å². The number of anilines is 2. The Morgan fingerprint density at radius 3 is 2.54 bits per heavy atom. The van der Waals surface area contributed by atoms with E-state index in [1.165, 1.54) is 6.92 Å². The number of fused-ring (bicyclic) bond motifs is 1. The number of hydrogen-bond donors (Lipinski definition) is 2. The highest BCUT2D eigenvalue weighted by Crippen LogP contribution is 2.32. The summed E-state index contributed by atoms with van der Waals surface area (Å²) in [7, 11) is 0. The number of benzene rings is 2. The fraction of sp³-hybridized carbons (Fsp3) is 0.263. The highest BCUT2D eigenvalue weighted by atomic mass is 16.3. The third-order valence-corrected chi connectivity index (χ3v) is 4.24. The Labute approximate surface area is 140 Å². The number of nitrogens with one attached hydrogen (secondary N) is 1. The van der Waals surface area contributed by atoms with Crippen LogP contribution in [-0.2, 0) is 22.4 Å². The lowest BCUT2D eigenvalue weighted by molar-refractivity contribution is -0.122. The van der Waals surface area contributed by atoms with Crippen molar-refractivity contribution in [1.29, 1.82) is 0 Å². The Morgan fingerprint density at radius 1 is 1.17 bits per heavy atom. The zero-order valence-electron chi connectivity index (χ0n) is 13.5. The number of hydrogen-bond acceptors (Lipinski definition) is 3. The van der Waals surface area contributed by atoms with Gasteiger partial charge in [-0.25, -0.2) is 0 Å². The summed E-state index contributed by atoms with van der Waals surface area (Å²) in [6.45, 7) is 1.58. The van der Waals surface area contributed by atoms with Gasteiger partial charge in [0.25, 0.3) is 0 Å². The first-order chi connectivity index (χ1) is 11.6. The van der Waals surface area contributed by atoms with E-state index in [0.29, 0.717) is 18.5 Å². The maximum absolute atomic E-state index is 12.7. The van der Waals surface area contributed by atoms with Crippen molar-refractivity contribution < 1.29 is 14.7 Å². The fourth-order valence-corrected chi connectivity index (χ4v) is 3.09. The van der Waals surface area contributed by atoms with E-state index in [4.69, 9.17) is 5.11 Å². The molecular formula is C19H20N2O3. The molecule has 5 heteroatoms. The van der Waals surface area contributed by atoms with E-state index in [9.17, 15) is 9.59 Å². The molecule has 1 heterocycles. The van der Waals surface area contributed by atoms with Crippen molar-refractivity contribution in [1.82, 2.24) is 0 Å². The Morgan fingerprint density at radius 2 is 1.88 bits per heavy atom. The van der Waals surface area contributed by atoms with Crippen LogP contribution in [0, 0.1) is 0 Å². The fourth-order valence-electron chi connectivity index (χ4n) is 3.09. The molecule has 0 spiro atoms. The summed E-state index contributed by atoms with van der Waals surface area (Å²) in [6, 6.07) is 14.4. The van der Waals surface area contributed by atoms with Gasteiger partial charge in [0.05, 0.1) is 0 Å². The molecule has 3 rings (SSSR count). The van der Waals surface area contributed by atoms with Crippen molar-refractivity contribution in [3.63, 3.8) is 0 Å². The lowest BCUT2D eigenvalue weighted by atomic mass is 10.1. The summed E-state index contributed by atoms with van der Waals surface area (Å²) < 4.78 is 0. The molecule has 0 radical (unpaired) electrons. The Bertz CT molecular complexity index is 755. The van der Waals surface area contributed by atoms with Gasteiger partial charge < -0.3 is 10.4 Å². The van der Waals surface area contributed by atoms with Gasteiger partial charge in [0.15, 0.2) is 0 Å². The number of para-hydroxylation sites is 1. The van der Waals surface area contributed by atoms with E-state index in [1.807, 2.05) is 48.5 Å². The Balaban J connectivity index is 1.76. The van der Waals surface area contributed by atoms with Crippen LogP contribution >= 0.6 is 0 Å². The molecule has 0 aliphatic carbocycles. The smallest absolute Gasteiger partial charge is 0.247 e. The minimum atomic E-state index is -0.531. The van der Waals surface area contributed by atoms with E-state index in [2.05, 4.69) is 5.32 Å². The molecule has 0 saturated heterocycles. The first kappa shape index (κ1) is 16.2. The van der Waals surface area contributed by atoms with Crippen LogP contribution in [0.25, 0.3) is 0 Å². The summed E-state index contributed by atoms with van der Waals surface area (Å²) in [5, 5.41) is 11.8. The lowest BCUT2D eigenvalue weighted by Gasteiger charge is -2.23. The average molecular weight is 324 g/mol. The average Bonchev–Trinajstić information content (AvgIpc) is 2.97. The summed E-state index contributed by atoms with van der Waals surface area (Å²) >= 11 is 0. The van der Waals surface area contributed by atoms with Crippen LogP contribution in [0.4, 0.5) is 11.4 Å². The van der Waals surface area contributed by atoms with Gasteiger partial charge in [-0.15, -0.1) is 0 Å².